The van der Waals surface area contributed by atoms with Crippen molar-refractivity contribution in [3.63, 3.8) is 0 Å². The van der Waals surface area contributed by atoms with Crippen molar-refractivity contribution < 1.29 is 4.79 Å². The Balaban J connectivity index is 4.62. The molecule has 0 aromatic carbocycles. The molecule has 0 radical (unpaired) electrons. The second kappa shape index (κ2) is 3.71. The number of rotatable bonds is 2. The molecule has 12 heavy (non-hydrogen) atoms. The van der Waals surface area contributed by atoms with Gasteiger partial charge in [0.05, 0.1) is 6.07 Å². The summed E-state index contributed by atoms with van der Waals surface area (Å²) in [5.41, 5.74) is -0.240. The maximum atomic E-state index is 11.5. The third-order valence-electron chi connectivity index (χ3n) is 1.85. The summed E-state index contributed by atoms with van der Waals surface area (Å²) in [5.74, 6) is -0.476. The van der Waals surface area contributed by atoms with Crippen molar-refractivity contribution >= 4 is 5.78 Å². The van der Waals surface area contributed by atoms with Crippen LogP contribution < -0.4 is 0 Å². The van der Waals surface area contributed by atoms with Crippen molar-refractivity contribution in [1.82, 2.24) is 0 Å². The first kappa shape index (κ1) is 11.2. The highest BCUT2D eigenvalue weighted by atomic mass is 16.1. The Morgan fingerprint density at radius 1 is 1.33 bits per heavy atom. The molecule has 0 amide bonds. The molecule has 0 saturated carbocycles. The fourth-order valence-electron chi connectivity index (χ4n) is 1.02. The molecule has 2 heteroatoms. The van der Waals surface area contributed by atoms with Crippen LogP contribution in [0.15, 0.2) is 0 Å². The van der Waals surface area contributed by atoms with E-state index in [-0.39, 0.29) is 17.1 Å². The second-order valence-electron chi connectivity index (χ2n) is 4.49. The van der Waals surface area contributed by atoms with E-state index >= 15 is 0 Å². The Morgan fingerprint density at radius 3 is 1.83 bits per heavy atom. The Morgan fingerprint density at radius 2 is 1.75 bits per heavy atom. The molecule has 0 aromatic rings. The number of carbonyl (C=O) groups is 1. The van der Waals surface area contributed by atoms with Gasteiger partial charge in [-0.15, -0.1) is 0 Å². The van der Waals surface area contributed by atoms with E-state index in [0.717, 1.165) is 0 Å². The summed E-state index contributed by atoms with van der Waals surface area (Å²) in [6.45, 7) is 9.42. The zero-order chi connectivity index (χ0) is 9.94. The molecule has 1 unspecified atom stereocenters. The maximum Gasteiger partial charge on any atom is 0.153 e. The molecule has 0 aliphatic carbocycles. The quantitative estimate of drug-likeness (QED) is 0.633. The van der Waals surface area contributed by atoms with E-state index in [1.54, 1.807) is 0 Å². The molecule has 0 spiro atoms. The van der Waals surface area contributed by atoms with Gasteiger partial charge in [-0.2, -0.15) is 5.26 Å². The van der Waals surface area contributed by atoms with Gasteiger partial charge in [0.25, 0.3) is 0 Å². The lowest BCUT2D eigenvalue weighted by Crippen LogP contribution is -2.30. The third kappa shape index (κ3) is 2.65. The van der Waals surface area contributed by atoms with Gasteiger partial charge in [0, 0.05) is 5.92 Å². The van der Waals surface area contributed by atoms with Crippen LogP contribution in [0, 0.1) is 28.6 Å². The molecular weight excluding hydrogens is 150 g/mol. The average molecular weight is 167 g/mol. The summed E-state index contributed by atoms with van der Waals surface area (Å²) >= 11 is 0. The Hall–Kier alpha value is -0.840. The number of nitriles is 1. The first-order valence-corrected chi connectivity index (χ1v) is 4.24. The van der Waals surface area contributed by atoms with Gasteiger partial charge in [0.2, 0.25) is 0 Å². The molecule has 0 bridgehead atoms. The third-order valence-corrected chi connectivity index (χ3v) is 1.85. The molecule has 0 heterocycles. The standard InChI is InChI=1S/C10H17NO/c1-7(2)9(12)8(6-11)10(3,4)5/h7-8H,1-5H3. The fourth-order valence-corrected chi connectivity index (χ4v) is 1.02. The molecule has 0 rings (SSSR count). The molecule has 0 fully saturated rings. The predicted molar refractivity (Wildman–Crippen MR) is 48.4 cm³/mol. The van der Waals surface area contributed by atoms with Crippen LogP contribution in [0.2, 0.25) is 0 Å². The van der Waals surface area contributed by atoms with Gasteiger partial charge in [0.1, 0.15) is 5.92 Å². The van der Waals surface area contributed by atoms with E-state index in [1.165, 1.54) is 0 Å². The highest BCUT2D eigenvalue weighted by Crippen LogP contribution is 2.27. The number of ketones is 1. The van der Waals surface area contributed by atoms with E-state index in [0.29, 0.717) is 0 Å². The van der Waals surface area contributed by atoms with E-state index in [9.17, 15) is 4.79 Å². The van der Waals surface area contributed by atoms with Crippen LogP contribution in [0.1, 0.15) is 34.6 Å². The summed E-state index contributed by atoms with van der Waals surface area (Å²) in [6, 6.07) is 2.07. The number of hydrogen-bond donors (Lipinski definition) is 0. The zero-order valence-electron chi connectivity index (χ0n) is 8.51. The van der Waals surface area contributed by atoms with Gasteiger partial charge in [-0.25, -0.2) is 0 Å². The van der Waals surface area contributed by atoms with E-state index < -0.39 is 5.92 Å². The van der Waals surface area contributed by atoms with E-state index in [4.69, 9.17) is 5.26 Å². The van der Waals surface area contributed by atoms with Crippen molar-refractivity contribution in [1.29, 1.82) is 5.26 Å². The highest BCUT2D eigenvalue weighted by Gasteiger charge is 2.32. The molecule has 0 saturated heterocycles. The van der Waals surface area contributed by atoms with Gasteiger partial charge < -0.3 is 0 Å². The normalized spacial score (nSPS) is 14.1. The molecule has 68 valence electrons. The smallest absolute Gasteiger partial charge is 0.153 e. The summed E-state index contributed by atoms with van der Waals surface area (Å²) < 4.78 is 0. The van der Waals surface area contributed by atoms with Gasteiger partial charge in [-0.05, 0) is 5.41 Å². The molecule has 0 aliphatic heterocycles. The maximum absolute atomic E-state index is 11.5. The van der Waals surface area contributed by atoms with E-state index in [2.05, 4.69) is 6.07 Å². The first-order chi connectivity index (χ1) is 5.30. The molecule has 0 aromatic heterocycles. The highest BCUT2D eigenvalue weighted by molar-refractivity contribution is 5.85. The predicted octanol–water partition coefficient (Wildman–Crippen LogP) is 2.40. The van der Waals surface area contributed by atoms with Gasteiger partial charge in [-0.3, -0.25) is 4.79 Å². The largest absolute Gasteiger partial charge is 0.298 e. The minimum absolute atomic E-state index is 0.0463. The minimum atomic E-state index is -0.475. The zero-order valence-corrected chi connectivity index (χ0v) is 8.51. The Labute approximate surface area is 74.6 Å². The number of Topliss-reactive ketones (excluding diaryl/α,β-unsaturated/α-hetero) is 1. The molecule has 1 atom stereocenters. The summed E-state index contributed by atoms with van der Waals surface area (Å²) in [6.07, 6.45) is 0. The Kier molecular flexibility index (Phi) is 3.45. The van der Waals surface area contributed by atoms with Crippen molar-refractivity contribution in [2.75, 3.05) is 0 Å². The molecule has 2 nitrogen and oxygen atoms in total. The first-order valence-electron chi connectivity index (χ1n) is 4.24. The van der Waals surface area contributed by atoms with E-state index in [1.807, 2.05) is 34.6 Å². The molecule has 0 N–H and O–H groups in total. The lowest BCUT2D eigenvalue weighted by Gasteiger charge is -2.24. The van der Waals surface area contributed by atoms with Crippen LogP contribution in [0.5, 0.6) is 0 Å². The topological polar surface area (TPSA) is 40.9 Å². The van der Waals surface area contributed by atoms with Crippen molar-refractivity contribution in [2.24, 2.45) is 17.3 Å². The lowest BCUT2D eigenvalue weighted by molar-refractivity contribution is -0.126. The SMILES string of the molecule is CC(C)C(=O)C(C#N)C(C)(C)C. The summed E-state index contributed by atoms with van der Waals surface area (Å²) in [4.78, 5) is 11.5. The minimum Gasteiger partial charge on any atom is -0.298 e. The van der Waals surface area contributed by atoms with Crippen LogP contribution in [0.4, 0.5) is 0 Å². The van der Waals surface area contributed by atoms with Crippen LogP contribution >= 0.6 is 0 Å². The van der Waals surface area contributed by atoms with Crippen molar-refractivity contribution in [3.05, 3.63) is 0 Å². The van der Waals surface area contributed by atoms with Crippen molar-refractivity contribution in [2.45, 2.75) is 34.6 Å². The van der Waals surface area contributed by atoms with Crippen LogP contribution in [-0.4, -0.2) is 5.78 Å². The van der Waals surface area contributed by atoms with Gasteiger partial charge in [0.15, 0.2) is 5.78 Å². The van der Waals surface area contributed by atoms with Crippen molar-refractivity contribution in [3.8, 4) is 6.07 Å². The fraction of sp³-hybridized carbons (Fsp3) is 0.800. The van der Waals surface area contributed by atoms with Crippen LogP contribution in [0.25, 0.3) is 0 Å². The Bertz CT molecular complexity index is 205. The van der Waals surface area contributed by atoms with Gasteiger partial charge in [-0.1, -0.05) is 34.6 Å². The monoisotopic (exact) mass is 167 g/mol. The molecule has 0 aliphatic rings. The molecular formula is C10H17NO. The average Bonchev–Trinajstić information content (AvgIpc) is 1.85. The lowest BCUT2D eigenvalue weighted by atomic mass is 9.76. The van der Waals surface area contributed by atoms with Gasteiger partial charge >= 0.3 is 0 Å². The summed E-state index contributed by atoms with van der Waals surface area (Å²) in [7, 11) is 0. The second-order valence-corrected chi connectivity index (χ2v) is 4.49. The summed E-state index contributed by atoms with van der Waals surface area (Å²) in [5, 5.41) is 8.81. The number of hydrogen-bond acceptors (Lipinski definition) is 2. The number of carbonyl (C=O) groups excluding carboxylic acids is 1. The van der Waals surface area contributed by atoms with Crippen LogP contribution in [0.3, 0.4) is 0 Å². The van der Waals surface area contributed by atoms with Crippen LogP contribution in [-0.2, 0) is 4.79 Å². The number of nitrogens with zero attached hydrogens (tertiary/aromatic N) is 1.